The lowest BCUT2D eigenvalue weighted by molar-refractivity contribution is 0.768. The molecule has 0 saturated heterocycles. The Bertz CT molecular complexity index is 3060. The van der Waals surface area contributed by atoms with Gasteiger partial charge in [0.05, 0.1) is 5.41 Å². The topological polar surface area (TPSA) is 3.24 Å². The number of nitrogens with zero attached hydrogens (tertiary/aromatic N) is 1. The van der Waals surface area contributed by atoms with Crippen LogP contribution in [0.1, 0.15) is 22.3 Å². The minimum atomic E-state index is -0.485. The Kier molecular flexibility index (Phi) is 8.12. The Hall–Kier alpha value is -7.48. The van der Waals surface area contributed by atoms with E-state index in [1.807, 2.05) is 0 Å². The molecule has 0 atom stereocenters. The third kappa shape index (κ3) is 5.32. The predicted molar refractivity (Wildman–Crippen MR) is 244 cm³/mol. The van der Waals surface area contributed by atoms with E-state index in [0.717, 1.165) is 17.1 Å². The van der Waals surface area contributed by atoms with Gasteiger partial charge in [-0.05, 0) is 114 Å². The van der Waals surface area contributed by atoms with Crippen LogP contribution >= 0.6 is 0 Å². The van der Waals surface area contributed by atoms with Crippen molar-refractivity contribution in [2.45, 2.75) is 5.41 Å². The SMILES string of the molecule is c1ccc(-c2cccc3c2ccc2c(-c4cccc(N(c5ccccc5)c5ccc6c(c5)C(c5ccccc5)(c5ccccc5)c5ccccc5-6)c4)cccc23)cc1. The van der Waals surface area contributed by atoms with Crippen molar-refractivity contribution in [3.8, 4) is 33.4 Å². The first-order valence-corrected chi connectivity index (χ1v) is 20.1. The molecule has 58 heavy (non-hydrogen) atoms. The number of para-hydroxylation sites is 1. The molecule has 0 unspecified atom stereocenters. The van der Waals surface area contributed by atoms with E-state index in [2.05, 4.69) is 241 Å². The van der Waals surface area contributed by atoms with Gasteiger partial charge in [-0.1, -0.05) is 200 Å². The first-order chi connectivity index (χ1) is 28.8. The van der Waals surface area contributed by atoms with Crippen molar-refractivity contribution in [3.63, 3.8) is 0 Å². The summed E-state index contributed by atoms with van der Waals surface area (Å²) in [6.45, 7) is 0. The molecule has 1 aliphatic rings. The summed E-state index contributed by atoms with van der Waals surface area (Å²) in [7, 11) is 0. The molecule has 1 heteroatoms. The van der Waals surface area contributed by atoms with Crippen LogP contribution in [0.2, 0.25) is 0 Å². The minimum Gasteiger partial charge on any atom is -0.310 e. The highest BCUT2D eigenvalue weighted by Crippen LogP contribution is 2.57. The van der Waals surface area contributed by atoms with E-state index in [9.17, 15) is 0 Å². The Labute approximate surface area is 339 Å². The van der Waals surface area contributed by atoms with Gasteiger partial charge >= 0.3 is 0 Å². The molecule has 0 bridgehead atoms. The number of benzene rings is 10. The largest absolute Gasteiger partial charge is 0.310 e. The maximum Gasteiger partial charge on any atom is 0.0714 e. The molecule has 272 valence electrons. The van der Waals surface area contributed by atoms with E-state index in [1.165, 1.54) is 77.2 Å². The zero-order valence-electron chi connectivity index (χ0n) is 32.0. The maximum absolute atomic E-state index is 2.45. The van der Waals surface area contributed by atoms with Crippen molar-refractivity contribution in [3.05, 3.63) is 259 Å². The quantitative estimate of drug-likeness (QED) is 0.147. The average Bonchev–Trinajstić information content (AvgIpc) is 3.60. The Morgan fingerprint density at radius 2 is 0.724 bits per heavy atom. The molecule has 0 aromatic heterocycles. The van der Waals surface area contributed by atoms with Gasteiger partial charge < -0.3 is 4.90 Å². The van der Waals surface area contributed by atoms with Gasteiger partial charge in [0.1, 0.15) is 0 Å². The monoisotopic (exact) mass is 737 g/mol. The van der Waals surface area contributed by atoms with E-state index >= 15 is 0 Å². The van der Waals surface area contributed by atoms with Gasteiger partial charge in [0.15, 0.2) is 0 Å². The summed E-state index contributed by atoms with van der Waals surface area (Å²) in [6.07, 6.45) is 0. The van der Waals surface area contributed by atoms with E-state index in [0.29, 0.717) is 0 Å². The van der Waals surface area contributed by atoms with Crippen molar-refractivity contribution >= 4 is 38.6 Å². The molecule has 0 saturated carbocycles. The van der Waals surface area contributed by atoms with Gasteiger partial charge in [-0.2, -0.15) is 0 Å². The Balaban J connectivity index is 1.10. The van der Waals surface area contributed by atoms with Gasteiger partial charge in [-0.15, -0.1) is 0 Å². The summed E-state index contributed by atoms with van der Waals surface area (Å²) in [5.41, 5.74) is 15.4. The molecule has 10 aromatic carbocycles. The highest BCUT2D eigenvalue weighted by Gasteiger charge is 2.46. The zero-order valence-corrected chi connectivity index (χ0v) is 32.0. The van der Waals surface area contributed by atoms with Crippen LogP contribution in [0, 0.1) is 0 Å². The van der Waals surface area contributed by atoms with E-state index in [1.54, 1.807) is 0 Å². The number of fused-ring (bicyclic) bond motifs is 6. The van der Waals surface area contributed by atoms with Crippen molar-refractivity contribution in [2.24, 2.45) is 0 Å². The molecule has 0 amide bonds. The molecule has 0 radical (unpaired) electrons. The third-order valence-electron chi connectivity index (χ3n) is 12.1. The van der Waals surface area contributed by atoms with Crippen LogP contribution in [0.5, 0.6) is 0 Å². The second kappa shape index (κ2) is 13.9. The molecule has 0 fully saturated rings. The van der Waals surface area contributed by atoms with Gasteiger partial charge in [0, 0.05) is 17.1 Å². The second-order valence-electron chi connectivity index (χ2n) is 15.2. The molecular weight excluding hydrogens is 699 g/mol. The van der Waals surface area contributed by atoms with Gasteiger partial charge in [0.25, 0.3) is 0 Å². The van der Waals surface area contributed by atoms with Gasteiger partial charge in [-0.25, -0.2) is 0 Å². The molecular formula is C57H39N. The molecule has 11 rings (SSSR count). The summed E-state index contributed by atoms with van der Waals surface area (Å²) in [4.78, 5) is 2.42. The van der Waals surface area contributed by atoms with Crippen LogP contribution in [0.25, 0.3) is 54.9 Å². The minimum absolute atomic E-state index is 0.485. The fourth-order valence-electron chi connectivity index (χ4n) is 9.66. The Morgan fingerprint density at radius 1 is 0.259 bits per heavy atom. The first-order valence-electron chi connectivity index (χ1n) is 20.1. The van der Waals surface area contributed by atoms with E-state index in [-0.39, 0.29) is 0 Å². The first kappa shape index (κ1) is 33.8. The van der Waals surface area contributed by atoms with Crippen LogP contribution in [-0.4, -0.2) is 0 Å². The van der Waals surface area contributed by atoms with Crippen molar-refractivity contribution in [2.75, 3.05) is 4.90 Å². The summed E-state index contributed by atoms with van der Waals surface area (Å²) in [5, 5.41) is 5.04. The van der Waals surface area contributed by atoms with Crippen molar-refractivity contribution in [1.29, 1.82) is 0 Å². The predicted octanol–water partition coefficient (Wildman–Crippen LogP) is 15.2. The third-order valence-corrected chi connectivity index (χ3v) is 12.1. The molecule has 0 heterocycles. The highest BCUT2D eigenvalue weighted by molar-refractivity contribution is 6.15. The molecule has 0 aliphatic heterocycles. The lowest BCUT2D eigenvalue weighted by Crippen LogP contribution is -2.28. The van der Waals surface area contributed by atoms with Crippen LogP contribution in [0.15, 0.2) is 237 Å². The Morgan fingerprint density at radius 3 is 1.38 bits per heavy atom. The molecule has 10 aromatic rings. The zero-order chi connectivity index (χ0) is 38.5. The van der Waals surface area contributed by atoms with Crippen LogP contribution in [0.4, 0.5) is 17.1 Å². The number of hydrogen-bond donors (Lipinski definition) is 0. The lowest BCUT2D eigenvalue weighted by Gasteiger charge is -2.35. The van der Waals surface area contributed by atoms with Gasteiger partial charge in [-0.3, -0.25) is 0 Å². The normalized spacial score (nSPS) is 12.6. The van der Waals surface area contributed by atoms with Crippen molar-refractivity contribution < 1.29 is 0 Å². The molecule has 0 N–H and O–H groups in total. The average molecular weight is 738 g/mol. The van der Waals surface area contributed by atoms with E-state index in [4.69, 9.17) is 0 Å². The summed E-state index contributed by atoms with van der Waals surface area (Å²) in [5.74, 6) is 0. The fraction of sp³-hybridized carbons (Fsp3) is 0.0175. The van der Waals surface area contributed by atoms with Crippen LogP contribution in [0.3, 0.4) is 0 Å². The van der Waals surface area contributed by atoms with Crippen LogP contribution in [-0.2, 0) is 5.41 Å². The number of hydrogen-bond acceptors (Lipinski definition) is 1. The summed E-state index contributed by atoms with van der Waals surface area (Å²) in [6, 6.07) is 86.7. The second-order valence-corrected chi connectivity index (χ2v) is 15.2. The summed E-state index contributed by atoms with van der Waals surface area (Å²) < 4.78 is 0. The molecule has 0 spiro atoms. The van der Waals surface area contributed by atoms with Gasteiger partial charge in [0.2, 0.25) is 0 Å². The summed E-state index contributed by atoms with van der Waals surface area (Å²) >= 11 is 0. The number of anilines is 3. The molecule has 1 nitrogen and oxygen atoms in total. The maximum atomic E-state index is 2.45. The highest BCUT2D eigenvalue weighted by atomic mass is 15.1. The standard InChI is InChI=1S/C57H39N/c1-5-18-40(19-6-1)47-29-16-31-49-50-32-17-30-48(52(50)37-36-51(47)49)41-20-15-27-45(38-41)58(44-25-11-4-12-26-44)46-34-35-54-53-28-13-14-33-55(53)57(56(54)39-46,42-21-7-2-8-22-42)43-23-9-3-10-24-43/h1-39H. The van der Waals surface area contributed by atoms with Crippen LogP contribution < -0.4 is 4.90 Å². The molecule has 1 aliphatic carbocycles. The van der Waals surface area contributed by atoms with Crippen molar-refractivity contribution in [1.82, 2.24) is 0 Å². The smallest absolute Gasteiger partial charge is 0.0714 e. The number of rotatable bonds is 7. The lowest BCUT2D eigenvalue weighted by atomic mass is 9.67. The van der Waals surface area contributed by atoms with E-state index < -0.39 is 5.41 Å². The fourth-order valence-corrected chi connectivity index (χ4v) is 9.66.